The van der Waals surface area contributed by atoms with Crippen molar-refractivity contribution >= 4 is 0 Å². The van der Waals surface area contributed by atoms with Gasteiger partial charge in [0.25, 0.3) is 0 Å². The summed E-state index contributed by atoms with van der Waals surface area (Å²) in [6, 6.07) is 11.1. The molecule has 0 aliphatic heterocycles. The van der Waals surface area contributed by atoms with Crippen molar-refractivity contribution in [3.8, 4) is 5.75 Å². The van der Waals surface area contributed by atoms with Crippen LogP contribution in [0.15, 0.2) is 36.4 Å². The van der Waals surface area contributed by atoms with Crippen LogP contribution in [0.4, 0.5) is 4.39 Å². The summed E-state index contributed by atoms with van der Waals surface area (Å²) in [5.41, 5.74) is 4.39. The fourth-order valence-corrected chi connectivity index (χ4v) is 2.13. The number of rotatable bonds is 5. The first-order chi connectivity index (χ1) is 9.58. The Bertz CT molecular complexity index is 596. The lowest BCUT2D eigenvalue weighted by atomic mass is 10.1. The molecule has 0 bridgehead atoms. The largest absolute Gasteiger partial charge is 0.489 e. The van der Waals surface area contributed by atoms with E-state index in [4.69, 9.17) is 4.74 Å². The lowest BCUT2D eigenvalue weighted by Gasteiger charge is -2.11. The molecule has 0 amide bonds. The van der Waals surface area contributed by atoms with Crippen molar-refractivity contribution in [2.75, 3.05) is 7.05 Å². The van der Waals surface area contributed by atoms with E-state index in [9.17, 15) is 4.39 Å². The summed E-state index contributed by atoms with van der Waals surface area (Å²) >= 11 is 0. The van der Waals surface area contributed by atoms with Crippen LogP contribution in [-0.2, 0) is 13.2 Å². The number of hydrogen-bond donors (Lipinski definition) is 1. The minimum atomic E-state index is -0.270. The molecule has 0 fully saturated rings. The molecule has 0 heterocycles. The zero-order chi connectivity index (χ0) is 14.5. The molecule has 3 heteroatoms. The summed E-state index contributed by atoms with van der Waals surface area (Å²) in [7, 11) is 1.83. The van der Waals surface area contributed by atoms with Crippen molar-refractivity contribution in [3.05, 3.63) is 64.5 Å². The molecule has 106 valence electrons. The van der Waals surface area contributed by atoms with Crippen LogP contribution < -0.4 is 10.1 Å². The van der Waals surface area contributed by atoms with Gasteiger partial charge in [0.2, 0.25) is 0 Å². The molecule has 0 atom stereocenters. The van der Waals surface area contributed by atoms with Gasteiger partial charge >= 0.3 is 0 Å². The third-order valence-electron chi connectivity index (χ3n) is 3.21. The predicted molar refractivity (Wildman–Crippen MR) is 79.4 cm³/mol. The molecule has 1 N–H and O–H groups in total. The van der Waals surface area contributed by atoms with Crippen LogP contribution in [0.5, 0.6) is 5.75 Å². The Kier molecular flexibility index (Phi) is 4.74. The summed E-state index contributed by atoms with van der Waals surface area (Å²) in [6.07, 6.45) is 0. The minimum absolute atomic E-state index is 0.270. The number of hydrogen-bond acceptors (Lipinski definition) is 2. The van der Waals surface area contributed by atoms with Gasteiger partial charge in [-0.1, -0.05) is 23.8 Å². The number of ether oxygens (including phenoxy) is 1. The van der Waals surface area contributed by atoms with Crippen molar-refractivity contribution in [1.82, 2.24) is 5.32 Å². The van der Waals surface area contributed by atoms with Crippen molar-refractivity contribution in [2.24, 2.45) is 0 Å². The smallest absolute Gasteiger partial charge is 0.127 e. The second-order valence-corrected chi connectivity index (χ2v) is 5.04. The molecule has 0 spiro atoms. The van der Waals surface area contributed by atoms with E-state index in [0.717, 1.165) is 11.1 Å². The number of halogens is 1. The van der Waals surface area contributed by atoms with E-state index in [-0.39, 0.29) is 5.82 Å². The Hall–Kier alpha value is -1.87. The summed E-state index contributed by atoms with van der Waals surface area (Å²) in [4.78, 5) is 0. The van der Waals surface area contributed by atoms with Crippen molar-refractivity contribution in [2.45, 2.75) is 27.0 Å². The second-order valence-electron chi connectivity index (χ2n) is 5.04. The van der Waals surface area contributed by atoms with Crippen LogP contribution in [-0.4, -0.2) is 7.05 Å². The highest BCUT2D eigenvalue weighted by atomic mass is 19.1. The fraction of sp³-hybridized carbons (Fsp3) is 0.294. The van der Waals surface area contributed by atoms with Crippen LogP contribution >= 0.6 is 0 Å². The van der Waals surface area contributed by atoms with Crippen molar-refractivity contribution in [3.63, 3.8) is 0 Å². The van der Waals surface area contributed by atoms with E-state index in [1.807, 2.05) is 13.1 Å². The van der Waals surface area contributed by atoms with Gasteiger partial charge in [-0.3, -0.25) is 0 Å². The monoisotopic (exact) mass is 273 g/mol. The van der Waals surface area contributed by atoms with Gasteiger partial charge in [0, 0.05) is 12.6 Å². The highest BCUT2D eigenvalue weighted by Crippen LogP contribution is 2.19. The molecular weight excluding hydrogens is 253 g/mol. The maximum atomic E-state index is 13.5. The summed E-state index contributed by atoms with van der Waals surface area (Å²) < 4.78 is 19.2. The quantitative estimate of drug-likeness (QED) is 0.896. The molecule has 2 aromatic carbocycles. The molecule has 2 rings (SSSR count). The van der Waals surface area contributed by atoms with Crippen LogP contribution in [0.1, 0.15) is 22.3 Å². The molecule has 0 radical (unpaired) electrons. The molecule has 0 saturated heterocycles. The van der Waals surface area contributed by atoms with E-state index >= 15 is 0 Å². The molecule has 0 unspecified atom stereocenters. The lowest BCUT2D eigenvalue weighted by Crippen LogP contribution is -2.06. The first kappa shape index (κ1) is 14.5. The molecule has 0 aromatic heterocycles. The molecule has 0 aliphatic carbocycles. The number of nitrogens with one attached hydrogen (secondary N) is 1. The van der Waals surface area contributed by atoms with Gasteiger partial charge in [0.1, 0.15) is 18.2 Å². The maximum Gasteiger partial charge on any atom is 0.127 e. The zero-order valence-electron chi connectivity index (χ0n) is 12.2. The second kappa shape index (κ2) is 6.53. The zero-order valence-corrected chi connectivity index (χ0v) is 12.2. The SMILES string of the molecule is CNCc1cc(F)cc(OCc2cc(C)ccc2C)c1. The van der Waals surface area contributed by atoms with Gasteiger partial charge in [0.15, 0.2) is 0 Å². The van der Waals surface area contributed by atoms with Crippen molar-refractivity contribution in [1.29, 1.82) is 0 Å². The van der Waals surface area contributed by atoms with Crippen LogP contribution in [0.2, 0.25) is 0 Å². The van der Waals surface area contributed by atoms with Gasteiger partial charge in [-0.15, -0.1) is 0 Å². The molecule has 0 aliphatic rings. The molecule has 2 aromatic rings. The third kappa shape index (κ3) is 3.81. The average Bonchev–Trinajstić information content (AvgIpc) is 2.40. The van der Waals surface area contributed by atoms with E-state index in [0.29, 0.717) is 18.9 Å². The van der Waals surface area contributed by atoms with Crippen LogP contribution in [0.3, 0.4) is 0 Å². The maximum absolute atomic E-state index is 13.5. The Morgan fingerprint density at radius 3 is 2.65 bits per heavy atom. The van der Waals surface area contributed by atoms with E-state index in [1.54, 1.807) is 0 Å². The van der Waals surface area contributed by atoms with Gasteiger partial charge in [0.05, 0.1) is 0 Å². The summed E-state index contributed by atoms with van der Waals surface area (Å²) in [5, 5.41) is 3.01. The lowest BCUT2D eigenvalue weighted by molar-refractivity contribution is 0.303. The Balaban J connectivity index is 2.12. The fourth-order valence-electron chi connectivity index (χ4n) is 2.13. The average molecular weight is 273 g/mol. The van der Waals surface area contributed by atoms with E-state index in [2.05, 4.69) is 37.4 Å². The topological polar surface area (TPSA) is 21.3 Å². The standard InChI is InChI=1S/C17H20FNO/c1-12-4-5-13(2)15(6-12)11-20-17-8-14(10-19-3)7-16(18)9-17/h4-9,19H,10-11H2,1-3H3. The van der Waals surface area contributed by atoms with Crippen molar-refractivity contribution < 1.29 is 9.13 Å². The number of benzene rings is 2. The summed E-state index contributed by atoms with van der Waals surface area (Å²) in [5.74, 6) is 0.296. The first-order valence-electron chi connectivity index (χ1n) is 6.71. The first-order valence-corrected chi connectivity index (χ1v) is 6.71. The Labute approximate surface area is 119 Å². The molecular formula is C17H20FNO. The van der Waals surface area contributed by atoms with E-state index < -0.39 is 0 Å². The summed E-state index contributed by atoms with van der Waals surface area (Å²) in [6.45, 7) is 5.18. The Morgan fingerprint density at radius 1 is 1.10 bits per heavy atom. The molecule has 2 nitrogen and oxygen atoms in total. The highest BCUT2D eigenvalue weighted by Gasteiger charge is 2.04. The van der Waals surface area contributed by atoms with Gasteiger partial charge in [-0.05, 0) is 49.7 Å². The van der Waals surface area contributed by atoms with Gasteiger partial charge in [-0.25, -0.2) is 4.39 Å². The van der Waals surface area contributed by atoms with E-state index in [1.165, 1.54) is 23.3 Å². The highest BCUT2D eigenvalue weighted by molar-refractivity contribution is 5.32. The third-order valence-corrected chi connectivity index (χ3v) is 3.21. The minimum Gasteiger partial charge on any atom is -0.489 e. The van der Waals surface area contributed by atoms with Gasteiger partial charge in [-0.2, -0.15) is 0 Å². The number of aryl methyl sites for hydroxylation is 2. The Morgan fingerprint density at radius 2 is 1.90 bits per heavy atom. The predicted octanol–water partition coefficient (Wildman–Crippen LogP) is 3.74. The molecule has 20 heavy (non-hydrogen) atoms. The van der Waals surface area contributed by atoms with Crippen LogP contribution in [0.25, 0.3) is 0 Å². The van der Waals surface area contributed by atoms with Crippen LogP contribution in [0, 0.1) is 19.7 Å². The normalized spacial score (nSPS) is 10.6. The molecule has 0 saturated carbocycles. The van der Waals surface area contributed by atoms with Gasteiger partial charge < -0.3 is 10.1 Å².